The molecule has 0 saturated heterocycles. The quantitative estimate of drug-likeness (QED) is 0.784. The van der Waals surface area contributed by atoms with Gasteiger partial charge in [0.1, 0.15) is 13.8 Å². The van der Waals surface area contributed by atoms with Gasteiger partial charge < -0.3 is 10.1 Å². The molecular weight excluding hydrogens is 360 g/mol. The highest BCUT2D eigenvalue weighted by atomic mass is 28.3. The monoisotopic (exact) mass is 386 g/mol. The Balaban J connectivity index is 2.11. The number of nitrogens with one attached hydrogen (secondary N) is 1. The fraction of sp³-hybridized carbons (Fsp3) is 0.208. The molecule has 1 aliphatic heterocycles. The van der Waals surface area contributed by atoms with Crippen molar-refractivity contribution in [2.24, 2.45) is 4.99 Å². The third kappa shape index (κ3) is 2.76. The van der Waals surface area contributed by atoms with Gasteiger partial charge in [0.05, 0.1) is 12.8 Å². The Kier molecular flexibility index (Phi) is 4.59. The third-order valence-corrected chi connectivity index (χ3v) is 9.35. The van der Waals surface area contributed by atoms with Crippen LogP contribution in [0.5, 0.6) is 5.75 Å². The molecule has 2 aliphatic rings. The Morgan fingerprint density at radius 1 is 1.00 bits per heavy atom. The summed E-state index contributed by atoms with van der Waals surface area (Å²) in [5, 5.41) is 6.18. The maximum atomic E-state index is 5.73. The van der Waals surface area contributed by atoms with E-state index in [0.717, 1.165) is 22.7 Å². The van der Waals surface area contributed by atoms with E-state index in [9.17, 15) is 0 Å². The Hall–Kier alpha value is -2.85. The van der Waals surface area contributed by atoms with Crippen LogP contribution < -0.4 is 15.2 Å². The van der Waals surface area contributed by atoms with Crippen LogP contribution in [-0.2, 0) is 0 Å². The number of hydrogen-bond donors (Lipinski definition) is 1. The van der Waals surface area contributed by atoms with Gasteiger partial charge in [0.25, 0.3) is 0 Å². The van der Waals surface area contributed by atoms with Crippen LogP contribution in [0.1, 0.15) is 11.1 Å². The second-order valence-electron chi connectivity index (χ2n) is 7.66. The van der Waals surface area contributed by atoms with Crippen molar-refractivity contribution in [3.8, 4) is 5.75 Å². The largest absolute Gasteiger partial charge is 0.496 e. The lowest BCUT2D eigenvalue weighted by Crippen LogP contribution is -2.49. The number of methoxy groups -OCH3 is 1. The molecule has 1 aliphatic carbocycles. The highest BCUT2D eigenvalue weighted by Crippen LogP contribution is 2.43. The predicted molar refractivity (Wildman–Crippen MR) is 123 cm³/mol. The molecule has 2 aromatic carbocycles. The van der Waals surface area contributed by atoms with Gasteiger partial charge in [-0.15, -0.1) is 0 Å². The Labute approximate surface area is 168 Å². The lowest BCUT2D eigenvalue weighted by Gasteiger charge is -2.38. The maximum Gasteiger partial charge on any atom is 0.126 e. The zero-order chi connectivity index (χ0) is 19.9. The number of hydrogen-bond acceptors (Lipinski definition) is 3. The number of ether oxygens (including phenoxy) is 1. The molecule has 2 aromatic rings. The standard InChI is InChI=1S/C24H26N2OSi/c1-25-16-10-12-19-22(14-16)28(4,5)23-15-17(26-2)11-13-20(23)24(19)18-8-6-7-9-21(18)27-3/h6-15,25H,1-5H3. The lowest BCUT2D eigenvalue weighted by molar-refractivity contribution is 0.413. The molecule has 0 atom stereocenters. The molecule has 0 aromatic heterocycles. The zero-order valence-electron chi connectivity index (χ0n) is 17.1. The first-order valence-electron chi connectivity index (χ1n) is 9.59. The van der Waals surface area contributed by atoms with Crippen LogP contribution in [0.25, 0.3) is 5.57 Å². The summed E-state index contributed by atoms with van der Waals surface area (Å²) >= 11 is 0. The summed E-state index contributed by atoms with van der Waals surface area (Å²) in [6, 6.07) is 15.1. The van der Waals surface area contributed by atoms with E-state index in [1.165, 1.54) is 27.1 Å². The zero-order valence-corrected chi connectivity index (χ0v) is 18.1. The Bertz CT molecular complexity index is 1070. The number of anilines is 1. The molecule has 1 N–H and O–H groups in total. The van der Waals surface area contributed by atoms with E-state index in [1.54, 1.807) is 7.11 Å². The number of benzene rings is 2. The normalized spacial score (nSPS) is 18.5. The van der Waals surface area contributed by atoms with Crippen LogP contribution in [0.3, 0.4) is 0 Å². The Morgan fingerprint density at radius 2 is 1.79 bits per heavy atom. The molecule has 0 spiro atoms. The number of allylic oxidation sites excluding steroid dienone is 5. The summed E-state index contributed by atoms with van der Waals surface area (Å²) in [5.41, 5.74) is 7.19. The van der Waals surface area contributed by atoms with E-state index in [-0.39, 0.29) is 0 Å². The van der Waals surface area contributed by atoms with Crippen molar-refractivity contribution in [3.05, 3.63) is 82.6 Å². The summed E-state index contributed by atoms with van der Waals surface area (Å²) < 4.78 is 5.73. The van der Waals surface area contributed by atoms with E-state index in [2.05, 4.69) is 72.0 Å². The number of nitrogens with zero attached hydrogens (tertiary/aromatic N) is 1. The first kappa shape index (κ1) is 18.5. The van der Waals surface area contributed by atoms with Gasteiger partial charge >= 0.3 is 0 Å². The van der Waals surface area contributed by atoms with Gasteiger partial charge in [-0.3, -0.25) is 4.99 Å². The first-order chi connectivity index (χ1) is 13.5. The van der Waals surface area contributed by atoms with E-state index in [1.807, 2.05) is 26.2 Å². The molecule has 0 amide bonds. The Morgan fingerprint density at radius 3 is 2.50 bits per heavy atom. The van der Waals surface area contributed by atoms with Crippen molar-refractivity contribution >= 4 is 30.2 Å². The van der Waals surface area contributed by atoms with Crippen molar-refractivity contribution in [1.29, 1.82) is 0 Å². The fourth-order valence-electron chi connectivity index (χ4n) is 4.27. The highest BCUT2D eigenvalue weighted by molar-refractivity contribution is 6.98. The maximum absolute atomic E-state index is 5.73. The smallest absolute Gasteiger partial charge is 0.126 e. The van der Waals surface area contributed by atoms with Crippen LogP contribution >= 0.6 is 0 Å². The van der Waals surface area contributed by atoms with Gasteiger partial charge in [0, 0.05) is 25.3 Å². The van der Waals surface area contributed by atoms with Crippen LogP contribution in [0.2, 0.25) is 13.1 Å². The highest BCUT2D eigenvalue weighted by Gasteiger charge is 2.40. The fourth-order valence-corrected chi connectivity index (χ4v) is 7.35. The molecule has 28 heavy (non-hydrogen) atoms. The summed E-state index contributed by atoms with van der Waals surface area (Å²) in [5.74, 6) is 0.901. The second kappa shape index (κ2) is 6.95. The SMILES string of the molecule is CN=C1C=CC2=C(c3ccccc3OC)c3ccc(NC)cc3[Si](C)(C)C2=C1. The predicted octanol–water partition coefficient (Wildman–Crippen LogP) is 4.57. The van der Waals surface area contributed by atoms with Crippen LogP contribution in [-0.4, -0.2) is 35.0 Å². The van der Waals surface area contributed by atoms with Gasteiger partial charge in [0.15, 0.2) is 0 Å². The van der Waals surface area contributed by atoms with Crippen molar-refractivity contribution < 1.29 is 4.74 Å². The van der Waals surface area contributed by atoms with E-state index in [0.29, 0.717) is 0 Å². The van der Waals surface area contributed by atoms with Crippen molar-refractivity contribution in [3.63, 3.8) is 0 Å². The molecule has 3 nitrogen and oxygen atoms in total. The molecule has 1 heterocycles. The van der Waals surface area contributed by atoms with E-state index >= 15 is 0 Å². The molecule has 0 saturated carbocycles. The molecule has 0 unspecified atom stereocenters. The summed E-state index contributed by atoms with van der Waals surface area (Å²) in [6.07, 6.45) is 6.64. The second-order valence-corrected chi connectivity index (χ2v) is 12.0. The summed E-state index contributed by atoms with van der Waals surface area (Å²) in [4.78, 5) is 4.44. The molecular formula is C24H26N2OSi. The lowest BCUT2D eigenvalue weighted by atomic mass is 9.89. The molecule has 4 rings (SSSR count). The van der Waals surface area contributed by atoms with Gasteiger partial charge in [-0.1, -0.05) is 43.4 Å². The molecule has 142 valence electrons. The molecule has 0 bridgehead atoms. The van der Waals surface area contributed by atoms with E-state index in [4.69, 9.17) is 4.74 Å². The minimum atomic E-state index is -1.89. The van der Waals surface area contributed by atoms with Gasteiger partial charge in [-0.05, 0) is 57.4 Å². The number of rotatable bonds is 3. The molecule has 0 fully saturated rings. The number of aliphatic imine (C=N–C) groups is 1. The van der Waals surface area contributed by atoms with Crippen molar-refractivity contribution in [1.82, 2.24) is 0 Å². The summed E-state index contributed by atoms with van der Waals surface area (Å²) in [6.45, 7) is 4.87. The van der Waals surface area contributed by atoms with Crippen molar-refractivity contribution in [2.75, 3.05) is 26.5 Å². The number of fused-ring (bicyclic) bond motifs is 2. The van der Waals surface area contributed by atoms with Gasteiger partial charge in [0.2, 0.25) is 0 Å². The molecule has 0 radical (unpaired) electrons. The minimum Gasteiger partial charge on any atom is -0.496 e. The van der Waals surface area contributed by atoms with Crippen LogP contribution in [0.4, 0.5) is 5.69 Å². The van der Waals surface area contributed by atoms with Crippen LogP contribution in [0, 0.1) is 0 Å². The van der Waals surface area contributed by atoms with Gasteiger partial charge in [-0.25, -0.2) is 0 Å². The minimum absolute atomic E-state index is 0.901. The summed E-state index contributed by atoms with van der Waals surface area (Å²) in [7, 11) is 3.69. The van der Waals surface area contributed by atoms with E-state index < -0.39 is 8.07 Å². The van der Waals surface area contributed by atoms with Gasteiger partial charge in [-0.2, -0.15) is 0 Å². The van der Waals surface area contributed by atoms with Crippen LogP contribution in [0.15, 0.2) is 76.5 Å². The van der Waals surface area contributed by atoms with Crippen molar-refractivity contribution in [2.45, 2.75) is 13.1 Å². The average molecular weight is 387 g/mol. The topological polar surface area (TPSA) is 33.6 Å². The molecule has 4 heteroatoms. The first-order valence-corrected chi connectivity index (χ1v) is 12.6. The number of para-hydroxylation sites is 1. The third-order valence-electron chi connectivity index (χ3n) is 5.83. The average Bonchev–Trinajstić information content (AvgIpc) is 2.74.